The van der Waals surface area contributed by atoms with Gasteiger partial charge in [0.15, 0.2) is 23.8 Å². The molecule has 0 aliphatic carbocycles. The first kappa shape index (κ1) is 20.0. The van der Waals surface area contributed by atoms with E-state index in [1.807, 2.05) is 13.8 Å². The summed E-state index contributed by atoms with van der Waals surface area (Å²) in [6.07, 6.45) is 1.13. The number of nitrogens with zero attached hydrogens (tertiary/aromatic N) is 2. The fourth-order valence-electron chi connectivity index (χ4n) is 2.30. The first-order valence-corrected chi connectivity index (χ1v) is 8.97. The number of oxazole rings is 1. The molecule has 3 rings (SSSR count). The van der Waals surface area contributed by atoms with Gasteiger partial charge in [0.2, 0.25) is 11.8 Å². The molecular weight excluding hydrogens is 373 g/mol. The maximum absolute atomic E-state index is 14.2. The number of ether oxygens (including phenoxy) is 2. The van der Waals surface area contributed by atoms with Crippen LogP contribution in [0.4, 0.5) is 13.2 Å². The van der Waals surface area contributed by atoms with E-state index in [-0.39, 0.29) is 18.1 Å². The molecule has 3 aromatic rings. The first-order valence-electron chi connectivity index (χ1n) is 8.97. The first-order chi connectivity index (χ1) is 13.3. The highest BCUT2D eigenvalue weighted by Gasteiger charge is 2.27. The van der Waals surface area contributed by atoms with Crippen molar-refractivity contribution in [2.75, 3.05) is 13.2 Å². The van der Waals surface area contributed by atoms with Crippen molar-refractivity contribution in [1.29, 1.82) is 0 Å². The number of fused-ring (bicyclic) bond motifs is 1. The molecule has 0 saturated heterocycles. The number of rotatable bonds is 8. The van der Waals surface area contributed by atoms with Gasteiger partial charge in [0.25, 0.3) is 5.92 Å². The molecule has 8 heteroatoms. The fourth-order valence-corrected chi connectivity index (χ4v) is 2.30. The van der Waals surface area contributed by atoms with Crippen LogP contribution in [0.25, 0.3) is 22.6 Å². The number of alkyl halides is 2. The second-order valence-corrected chi connectivity index (χ2v) is 6.86. The summed E-state index contributed by atoms with van der Waals surface area (Å²) in [5.74, 6) is -3.08. The standard InChI is InChI=1S/C20H21F3N2O3/c1-4-20(22,23)11-27-16-6-5-13(7-14(16)21)19-25-15-9-24-18(8-17(15)28-19)26-10-12(2)3/h5-9,12H,4,10-11H2,1-3H3. The Balaban J connectivity index is 1.79. The van der Waals surface area contributed by atoms with Gasteiger partial charge in [-0.1, -0.05) is 20.8 Å². The van der Waals surface area contributed by atoms with E-state index in [9.17, 15) is 13.2 Å². The minimum Gasteiger partial charge on any atom is -0.484 e. The fraction of sp³-hybridized carbons (Fsp3) is 0.400. The zero-order chi connectivity index (χ0) is 20.3. The molecule has 0 spiro atoms. The van der Waals surface area contributed by atoms with Gasteiger partial charge in [0.05, 0.1) is 12.8 Å². The normalized spacial score (nSPS) is 12.0. The van der Waals surface area contributed by atoms with Gasteiger partial charge in [-0.3, -0.25) is 0 Å². The van der Waals surface area contributed by atoms with Crippen molar-refractivity contribution in [2.24, 2.45) is 5.92 Å². The molecule has 0 amide bonds. The number of benzene rings is 1. The summed E-state index contributed by atoms with van der Waals surface area (Å²) in [7, 11) is 0. The number of pyridine rings is 1. The Labute approximate surface area is 160 Å². The lowest BCUT2D eigenvalue weighted by Gasteiger charge is -2.15. The van der Waals surface area contributed by atoms with Crippen molar-refractivity contribution in [2.45, 2.75) is 33.1 Å². The maximum Gasteiger partial charge on any atom is 0.281 e. The zero-order valence-corrected chi connectivity index (χ0v) is 15.8. The Morgan fingerprint density at radius 3 is 2.64 bits per heavy atom. The summed E-state index contributed by atoms with van der Waals surface area (Å²) < 4.78 is 56.9. The minimum absolute atomic E-state index is 0.183. The number of halogens is 3. The van der Waals surface area contributed by atoms with Gasteiger partial charge in [-0.05, 0) is 24.1 Å². The van der Waals surface area contributed by atoms with Gasteiger partial charge in [-0.25, -0.2) is 23.1 Å². The van der Waals surface area contributed by atoms with Crippen LogP contribution in [0.15, 0.2) is 34.9 Å². The molecule has 28 heavy (non-hydrogen) atoms. The van der Waals surface area contributed by atoms with Crippen molar-refractivity contribution in [3.05, 3.63) is 36.3 Å². The van der Waals surface area contributed by atoms with Crippen LogP contribution in [0.2, 0.25) is 0 Å². The van der Waals surface area contributed by atoms with Gasteiger partial charge in [-0.2, -0.15) is 0 Å². The highest BCUT2D eigenvalue weighted by molar-refractivity contribution is 5.76. The number of hydrogen-bond donors (Lipinski definition) is 0. The smallest absolute Gasteiger partial charge is 0.281 e. The largest absolute Gasteiger partial charge is 0.484 e. The lowest BCUT2D eigenvalue weighted by atomic mass is 10.2. The molecule has 2 heterocycles. The summed E-state index contributed by atoms with van der Waals surface area (Å²) in [5.41, 5.74) is 1.30. The molecular formula is C20H21F3N2O3. The van der Waals surface area contributed by atoms with E-state index in [0.717, 1.165) is 6.07 Å². The van der Waals surface area contributed by atoms with Crippen LogP contribution in [0, 0.1) is 11.7 Å². The molecule has 0 bridgehead atoms. The average molecular weight is 394 g/mol. The predicted octanol–water partition coefficient (Wildman–Crippen LogP) is 5.49. The molecule has 150 valence electrons. The third-order valence-corrected chi connectivity index (χ3v) is 3.95. The minimum atomic E-state index is -3.01. The highest BCUT2D eigenvalue weighted by Crippen LogP contribution is 2.30. The molecule has 0 aliphatic heterocycles. The van der Waals surface area contributed by atoms with Crippen molar-refractivity contribution in [3.63, 3.8) is 0 Å². The van der Waals surface area contributed by atoms with E-state index in [4.69, 9.17) is 13.9 Å². The van der Waals surface area contributed by atoms with Crippen LogP contribution in [0.1, 0.15) is 27.2 Å². The highest BCUT2D eigenvalue weighted by atomic mass is 19.3. The van der Waals surface area contributed by atoms with E-state index < -0.39 is 18.3 Å². The van der Waals surface area contributed by atoms with E-state index in [1.165, 1.54) is 25.3 Å². The average Bonchev–Trinajstić information content (AvgIpc) is 3.08. The number of aromatic nitrogens is 2. The van der Waals surface area contributed by atoms with E-state index in [2.05, 4.69) is 9.97 Å². The molecule has 0 radical (unpaired) electrons. The molecule has 0 fully saturated rings. The van der Waals surface area contributed by atoms with Gasteiger partial charge < -0.3 is 13.9 Å². The van der Waals surface area contributed by atoms with Gasteiger partial charge in [0.1, 0.15) is 5.52 Å². The van der Waals surface area contributed by atoms with E-state index in [1.54, 1.807) is 6.07 Å². The molecule has 5 nitrogen and oxygen atoms in total. The summed E-state index contributed by atoms with van der Waals surface area (Å²) in [6.45, 7) is 5.02. The summed E-state index contributed by atoms with van der Waals surface area (Å²) in [4.78, 5) is 8.44. The Bertz CT molecular complexity index is 957. The van der Waals surface area contributed by atoms with Crippen molar-refractivity contribution in [1.82, 2.24) is 9.97 Å². The quantitative estimate of drug-likeness (QED) is 0.506. The lowest BCUT2D eigenvalue weighted by Crippen LogP contribution is -2.24. The molecule has 0 N–H and O–H groups in total. The Morgan fingerprint density at radius 2 is 1.96 bits per heavy atom. The van der Waals surface area contributed by atoms with Crippen LogP contribution in [0.3, 0.4) is 0 Å². The van der Waals surface area contributed by atoms with Crippen molar-refractivity contribution < 1.29 is 27.1 Å². The Hall–Kier alpha value is -2.77. The molecule has 0 unspecified atom stereocenters. The maximum atomic E-state index is 14.2. The summed E-state index contributed by atoms with van der Waals surface area (Å²) in [6, 6.07) is 5.53. The van der Waals surface area contributed by atoms with Gasteiger partial charge >= 0.3 is 0 Å². The molecule has 0 aliphatic rings. The van der Waals surface area contributed by atoms with Crippen molar-refractivity contribution in [3.8, 4) is 23.1 Å². The SMILES string of the molecule is CCC(F)(F)COc1ccc(-c2nc3cnc(OCC(C)C)cc3o2)cc1F. The second kappa shape index (κ2) is 8.08. The van der Waals surface area contributed by atoms with Gasteiger partial charge in [0, 0.05) is 18.1 Å². The molecule has 2 aromatic heterocycles. The van der Waals surface area contributed by atoms with E-state index >= 15 is 0 Å². The second-order valence-electron chi connectivity index (χ2n) is 6.86. The van der Waals surface area contributed by atoms with Crippen LogP contribution in [0.5, 0.6) is 11.6 Å². The summed E-state index contributed by atoms with van der Waals surface area (Å²) in [5, 5.41) is 0. The zero-order valence-electron chi connectivity index (χ0n) is 15.8. The van der Waals surface area contributed by atoms with Gasteiger partial charge in [-0.15, -0.1) is 0 Å². The Morgan fingerprint density at radius 1 is 1.18 bits per heavy atom. The molecule has 1 aromatic carbocycles. The number of hydrogen-bond acceptors (Lipinski definition) is 5. The topological polar surface area (TPSA) is 57.4 Å². The monoisotopic (exact) mass is 394 g/mol. The molecule has 0 atom stereocenters. The van der Waals surface area contributed by atoms with Crippen LogP contribution < -0.4 is 9.47 Å². The van der Waals surface area contributed by atoms with Crippen LogP contribution in [-0.4, -0.2) is 29.1 Å². The van der Waals surface area contributed by atoms with Crippen molar-refractivity contribution >= 4 is 11.1 Å². The third-order valence-electron chi connectivity index (χ3n) is 3.95. The summed E-state index contributed by atoms with van der Waals surface area (Å²) >= 11 is 0. The molecule has 0 saturated carbocycles. The van der Waals surface area contributed by atoms with E-state index in [0.29, 0.717) is 35.1 Å². The van der Waals surface area contributed by atoms with Crippen LogP contribution >= 0.6 is 0 Å². The third kappa shape index (κ3) is 4.74. The van der Waals surface area contributed by atoms with Crippen LogP contribution in [-0.2, 0) is 0 Å². The lowest BCUT2D eigenvalue weighted by molar-refractivity contribution is -0.0444. The Kier molecular flexibility index (Phi) is 5.76. The predicted molar refractivity (Wildman–Crippen MR) is 98.3 cm³/mol.